The van der Waals surface area contributed by atoms with Crippen LogP contribution < -0.4 is 0 Å². The monoisotopic (exact) mass is 603 g/mol. The molecule has 12 bridgehead atoms. The molecule has 7 rings (SSSR count). The van der Waals surface area contributed by atoms with Crippen LogP contribution in [0.5, 0.6) is 0 Å². The summed E-state index contributed by atoms with van der Waals surface area (Å²) >= 11 is 0. The molecule has 4 aromatic heterocycles. The zero-order valence-electron chi connectivity index (χ0n) is 25.5. The molecule has 0 fully saturated rings. The molecule has 7 aromatic rings. The van der Waals surface area contributed by atoms with Crippen molar-refractivity contribution in [1.82, 2.24) is 15.0 Å². The van der Waals surface area contributed by atoms with Crippen LogP contribution in [0.25, 0.3) is 65.4 Å². The van der Waals surface area contributed by atoms with Crippen LogP contribution in [0.2, 0.25) is 0 Å². The molecule has 0 aliphatic rings. The van der Waals surface area contributed by atoms with Gasteiger partial charge in [-0.25, -0.2) is 15.0 Å². The van der Waals surface area contributed by atoms with Crippen LogP contribution >= 0.6 is 0 Å². The van der Waals surface area contributed by atoms with Gasteiger partial charge >= 0.3 is 0 Å². The van der Waals surface area contributed by atoms with Gasteiger partial charge in [-0.1, -0.05) is 72.8 Å². The molecule has 0 aliphatic heterocycles. The second-order valence-electron chi connectivity index (χ2n) is 10.5. The number of aromatic nitrogens is 3. The van der Waals surface area contributed by atoms with E-state index in [2.05, 4.69) is 87.7 Å². The number of hydrogen-bond donors (Lipinski definition) is 0. The fourth-order valence-corrected chi connectivity index (χ4v) is 4.56. The van der Waals surface area contributed by atoms with E-state index in [0.29, 0.717) is 33.1 Å². The van der Waals surface area contributed by atoms with Crippen LogP contribution in [0.15, 0.2) is 127 Å². The van der Waals surface area contributed by atoms with Gasteiger partial charge in [0.2, 0.25) is 0 Å². The molecule has 0 unspecified atom stereocenters. The summed E-state index contributed by atoms with van der Waals surface area (Å²) in [6, 6.07) is 78.4. The number of fused-ring (bicyclic) bond motifs is 12. The van der Waals surface area contributed by atoms with Crippen LogP contribution in [0.1, 0.15) is 0 Å². The Morgan fingerprint density at radius 1 is 0.229 bits per heavy atom. The van der Waals surface area contributed by atoms with E-state index in [0.717, 1.165) is 32.3 Å². The first-order valence-electron chi connectivity index (χ1n) is 15.0. The number of rotatable bonds is 0. The van der Waals surface area contributed by atoms with Gasteiger partial charge in [-0.2, -0.15) is 0 Å². The SMILES string of the molecule is c1c2cccc(c#cc3cccc(c#cc4cccc(c#cc5cccc(c#cc6cccc(c#cc7cccc(c#1)n7)c6)n5)c4)n3)c2. The lowest BCUT2D eigenvalue weighted by Crippen LogP contribution is -1.71. The van der Waals surface area contributed by atoms with Crippen molar-refractivity contribution in [2.45, 2.75) is 0 Å². The molecule has 216 valence electrons. The molecule has 4 heterocycles. The molecule has 0 aliphatic carbocycles. The van der Waals surface area contributed by atoms with Gasteiger partial charge in [-0.15, -0.1) is 0 Å². The molecule has 0 N–H and O–H groups in total. The third-order valence-corrected chi connectivity index (χ3v) is 6.84. The topological polar surface area (TPSA) is 38.7 Å². The zero-order chi connectivity index (χ0) is 32.4. The van der Waals surface area contributed by atoms with Crippen molar-refractivity contribution < 1.29 is 0 Å². The van der Waals surface area contributed by atoms with Crippen molar-refractivity contribution in [2.24, 2.45) is 0 Å². The van der Waals surface area contributed by atoms with E-state index < -0.39 is 0 Å². The van der Waals surface area contributed by atoms with E-state index in [4.69, 9.17) is 0 Å². The summed E-state index contributed by atoms with van der Waals surface area (Å²) in [6.45, 7) is 0. The molecule has 0 amide bonds. The van der Waals surface area contributed by atoms with Gasteiger partial charge in [-0.3, -0.25) is 0 Å². The van der Waals surface area contributed by atoms with Crippen molar-refractivity contribution in [3.8, 4) is 0 Å². The maximum Gasteiger partial charge on any atom is 0.115 e. The Labute approximate surface area is 279 Å². The van der Waals surface area contributed by atoms with E-state index in [-0.39, 0.29) is 0 Å². The summed E-state index contributed by atoms with van der Waals surface area (Å²) in [5.41, 5.74) is 3.78. The fraction of sp³-hybridized carbons (Fsp3) is 0. The smallest absolute Gasteiger partial charge is 0.115 e. The van der Waals surface area contributed by atoms with Crippen LogP contribution in [-0.2, 0) is 0 Å². The van der Waals surface area contributed by atoms with Gasteiger partial charge in [0.1, 0.15) is 33.1 Å². The molecule has 0 spiro atoms. The van der Waals surface area contributed by atoms with Crippen molar-refractivity contribution in [3.63, 3.8) is 0 Å². The molecule has 3 aromatic carbocycles. The van der Waals surface area contributed by atoms with Crippen LogP contribution in [0.4, 0.5) is 0 Å². The minimum absolute atomic E-state index is 0.630. The molecular weight excluding hydrogens is 583 g/mol. The molecule has 0 atom stereocenters. The Morgan fingerprint density at radius 2 is 0.417 bits per heavy atom. The van der Waals surface area contributed by atoms with E-state index in [9.17, 15) is 0 Å². The van der Waals surface area contributed by atoms with Crippen molar-refractivity contribution >= 4 is 65.4 Å². The highest BCUT2D eigenvalue weighted by Gasteiger charge is 1.88. The normalized spacial score (nSPS) is 9.50. The highest BCUT2D eigenvalue weighted by atomic mass is 14.7. The summed E-state index contributed by atoms with van der Waals surface area (Å²) in [5, 5.41) is 4.99. The average molecular weight is 604 g/mol. The molecule has 0 saturated heterocycles. The number of hydrogen-bond acceptors (Lipinski definition) is 3. The first kappa shape index (κ1) is 29.2. The molecular formula is C45H21N3. The first-order chi connectivity index (χ1) is 23.7. The van der Waals surface area contributed by atoms with Crippen molar-refractivity contribution in [1.29, 1.82) is 0 Å². The summed E-state index contributed by atoms with van der Waals surface area (Å²) in [7, 11) is 0. The lowest BCUT2D eigenvalue weighted by Gasteiger charge is -1.86. The summed E-state index contributed by atoms with van der Waals surface area (Å²) < 4.78 is 0. The van der Waals surface area contributed by atoms with Crippen LogP contribution in [0, 0.1) is 72.8 Å². The van der Waals surface area contributed by atoms with Crippen molar-refractivity contribution in [3.05, 3.63) is 200 Å². The average Bonchev–Trinajstić information content (AvgIpc) is 3.14. The van der Waals surface area contributed by atoms with Gasteiger partial charge in [0.15, 0.2) is 0 Å². The third kappa shape index (κ3) is 7.94. The lowest BCUT2D eigenvalue weighted by atomic mass is 10.2. The van der Waals surface area contributed by atoms with E-state index >= 15 is 0 Å². The Bertz CT molecular complexity index is 1970. The van der Waals surface area contributed by atoms with E-state index in [1.165, 1.54) is 0 Å². The molecule has 0 radical (unpaired) electrons. The molecule has 3 heteroatoms. The minimum atomic E-state index is 0.630. The number of pyridine rings is 3. The summed E-state index contributed by atoms with van der Waals surface area (Å²) in [4.78, 5) is 13.9. The standard InChI is InChI=1S/C45H21N3/c1-7-34-19-25-40-13-4-15-42(46-40)27-21-36-9-2-11-38(32-36)23-29-44-17-6-18-45(48-44)30-24-39-12-3-10-37(33-39)22-28-43-16-5-14-41(47-43)26-20-35(8-1)31-34/h1-18,31-33H. The fourth-order valence-electron chi connectivity index (χ4n) is 4.56. The molecule has 48 heavy (non-hydrogen) atoms. The van der Waals surface area contributed by atoms with E-state index in [1.54, 1.807) is 0 Å². The maximum absolute atomic E-state index is 4.62. The minimum Gasteiger partial charge on any atom is -0.231 e. The predicted molar refractivity (Wildman–Crippen MR) is 190 cm³/mol. The number of benzene rings is 3. The Hall–Kier alpha value is -7.53. The maximum atomic E-state index is 4.62. The summed E-state index contributed by atoms with van der Waals surface area (Å²) in [6.07, 6.45) is 0. The number of nitrogens with zero attached hydrogens (tertiary/aromatic N) is 3. The summed E-state index contributed by atoms with van der Waals surface area (Å²) in [5.74, 6) is 0. The van der Waals surface area contributed by atoms with Crippen LogP contribution in [0.3, 0.4) is 0 Å². The van der Waals surface area contributed by atoms with Gasteiger partial charge in [0.25, 0.3) is 0 Å². The molecule has 0 saturated carbocycles. The second kappa shape index (κ2) is 14.1. The Morgan fingerprint density at radius 3 is 0.625 bits per heavy atom. The van der Waals surface area contributed by atoms with Gasteiger partial charge < -0.3 is 0 Å². The Kier molecular flexibility index (Phi) is 8.55. The Balaban J connectivity index is 1.40. The van der Waals surface area contributed by atoms with Gasteiger partial charge in [0.05, 0.1) is 0 Å². The van der Waals surface area contributed by atoms with Crippen LogP contribution in [-0.4, -0.2) is 15.0 Å². The second-order valence-corrected chi connectivity index (χ2v) is 10.5. The largest absolute Gasteiger partial charge is 0.231 e. The highest BCUT2D eigenvalue weighted by Crippen LogP contribution is 2.06. The quantitative estimate of drug-likeness (QED) is 0.173. The first-order valence-corrected chi connectivity index (χ1v) is 15.0. The van der Waals surface area contributed by atoms with Gasteiger partial charge in [-0.05, 0) is 127 Å². The predicted octanol–water partition coefficient (Wildman–Crippen LogP) is 9.45. The van der Waals surface area contributed by atoms with Crippen molar-refractivity contribution in [2.75, 3.05) is 0 Å². The molecule has 3 nitrogen and oxygen atoms in total. The zero-order valence-corrected chi connectivity index (χ0v) is 25.5. The highest BCUT2D eigenvalue weighted by molar-refractivity contribution is 5.67. The lowest BCUT2D eigenvalue weighted by molar-refractivity contribution is 1.48. The third-order valence-electron chi connectivity index (χ3n) is 6.84. The van der Waals surface area contributed by atoms with E-state index in [1.807, 2.05) is 127 Å². The van der Waals surface area contributed by atoms with Gasteiger partial charge in [0, 0.05) is 32.3 Å².